The molecule has 1 saturated heterocycles. The maximum absolute atomic E-state index is 9.61. The van der Waals surface area contributed by atoms with Gasteiger partial charge in [-0.25, -0.2) is 0 Å². The van der Waals surface area contributed by atoms with E-state index < -0.39 is 18.5 Å². The second kappa shape index (κ2) is 4.61. The fourth-order valence-corrected chi connectivity index (χ4v) is 1.98. The molecule has 0 aromatic rings. The summed E-state index contributed by atoms with van der Waals surface area (Å²) < 4.78 is 5.08. The molecule has 1 aliphatic rings. The van der Waals surface area contributed by atoms with E-state index in [2.05, 4.69) is 12.6 Å². The van der Waals surface area contributed by atoms with Gasteiger partial charge in [0, 0.05) is 17.6 Å². The molecular weight excluding hydrogens is 192 g/mol. The lowest BCUT2D eigenvalue weighted by molar-refractivity contribution is -0.229. The van der Waals surface area contributed by atoms with Gasteiger partial charge in [0.2, 0.25) is 0 Å². The summed E-state index contributed by atoms with van der Waals surface area (Å²) in [5.41, 5.74) is 0. The Hall–Kier alpha value is 0.190. The van der Waals surface area contributed by atoms with Gasteiger partial charge in [-0.05, 0) is 0 Å². The van der Waals surface area contributed by atoms with E-state index in [-0.39, 0.29) is 17.8 Å². The van der Waals surface area contributed by atoms with Crippen molar-refractivity contribution in [3.05, 3.63) is 0 Å². The normalized spacial score (nSPS) is 43.2. The molecule has 0 aliphatic carbocycles. The molecule has 0 amide bonds. The van der Waals surface area contributed by atoms with Crippen LogP contribution in [-0.4, -0.2) is 45.7 Å². The molecule has 0 aromatic carbocycles. The number of aliphatic hydroxyl groups is 3. The molecule has 1 aliphatic heterocycles. The molecule has 0 aromatic heterocycles. The first-order valence-corrected chi connectivity index (χ1v) is 4.88. The molecule has 1 heterocycles. The highest BCUT2D eigenvalue weighted by molar-refractivity contribution is 7.80. The summed E-state index contributed by atoms with van der Waals surface area (Å²) in [6.45, 7) is 1.62. The molecular formula is C8H16O4S. The molecule has 5 heteroatoms. The third kappa shape index (κ3) is 2.57. The van der Waals surface area contributed by atoms with E-state index in [1.54, 1.807) is 6.92 Å². The lowest BCUT2D eigenvalue weighted by atomic mass is 9.91. The minimum Gasteiger partial charge on any atom is -0.394 e. The van der Waals surface area contributed by atoms with Gasteiger partial charge in [-0.3, -0.25) is 0 Å². The number of aliphatic hydroxyl groups excluding tert-OH is 3. The summed E-state index contributed by atoms with van der Waals surface area (Å²) in [6.07, 6.45) is -1.81. The molecule has 78 valence electrons. The zero-order chi connectivity index (χ0) is 10.0. The van der Waals surface area contributed by atoms with Crippen LogP contribution in [0.25, 0.3) is 0 Å². The molecule has 1 fully saturated rings. The number of rotatable bonds is 2. The van der Waals surface area contributed by atoms with E-state index in [1.807, 2.05) is 0 Å². The lowest BCUT2D eigenvalue weighted by Gasteiger charge is -2.38. The van der Waals surface area contributed by atoms with E-state index in [0.29, 0.717) is 6.42 Å². The minimum absolute atomic E-state index is 0.135. The molecule has 0 saturated carbocycles. The van der Waals surface area contributed by atoms with Crippen molar-refractivity contribution >= 4 is 12.6 Å². The zero-order valence-electron chi connectivity index (χ0n) is 7.50. The fraction of sp³-hybridized carbons (Fsp3) is 1.00. The standard InChI is InChI=1S/C8H16O4S/c1-4(13)7-6(10)2-5(3-9)12-8(7)11/h4-11,13H,2-3H2,1H3/t4?,5?,6?,7-,8?/m1/s1. The van der Waals surface area contributed by atoms with E-state index in [1.165, 1.54) is 0 Å². The van der Waals surface area contributed by atoms with Crippen molar-refractivity contribution in [2.75, 3.05) is 6.61 Å². The third-order valence-corrected chi connectivity index (χ3v) is 2.71. The van der Waals surface area contributed by atoms with Gasteiger partial charge >= 0.3 is 0 Å². The quantitative estimate of drug-likeness (QED) is 0.457. The molecule has 0 spiro atoms. The minimum atomic E-state index is -1.03. The molecule has 4 unspecified atom stereocenters. The van der Waals surface area contributed by atoms with Crippen molar-refractivity contribution in [1.29, 1.82) is 0 Å². The van der Waals surface area contributed by atoms with Gasteiger partial charge in [0.1, 0.15) is 0 Å². The van der Waals surface area contributed by atoms with Crippen LogP contribution in [-0.2, 0) is 4.74 Å². The fourth-order valence-electron chi connectivity index (χ4n) is 1.64. The Labute approximate surface area is 82.9 Å². The van der Waals surface area contributed by atoms with Crippen molar-refractivity contribution in [2.45, 2.75) is 37.1 Å². The maximum Gasteiger partial charge on any atom is 0.161 e. The first-order valence-electron chi connectivity index (χ1n) is 4.36. The Morgan fingerprint density at radius 2 is 2.15 bits per heavy atom. The Morgan fingerprint density at radius 3 is 2.54 bits per heavy atom. The van der Waals surface area contributed by atoms with Crippen LogP contribution >= 0.6 is 12.6 Å². The SMILES string of the molecule is CC(S)[C@@H]1C(O)CC(CO)OC1O. The topological polar surface area (TPSA) is 69.9 Å². The van der Waals surface area contributed by atoms with E-state index in [9.17, 15) is 10.2 Å². The Morgan fingerprint density at radius 1 is 1.54 bits per heavy atom. The van der Waals surface area contributed by atoms with Gasteiger partial charge in [-0.1, -0.05) is 6.92 Å². The highest BCUT2D eigenvalue weighted by atomic mass is 32.1. The van der Waals surface area contributed by atoms with Crippen LogP contribution in [0.4, 0.5) is 0 Å². The van der Waals surface area contributed by atoms with Gasteiger partial charge in [0.15, 0.2) is 6.29 Å². The number of hydrogen-bond donors (Lipinski definition) is 4. The van der Waals surface area contributed by atoms with Crippen LogP contribution in [0.3, 0.4) is 0 Å². The molecule has 0 bridgehead atoms. The Bertz CT molecular complexity index is 152. The molecule has 13 heavy (non-hydrogen) atoms. The second-order valence-corrected chi connectivity index (χ2v) is 4.27. The van der Waals surface area contributed by atoms with Crippen molar-refractivity contribution in [3.8, 4) is 0 Å². The summed E-state index contributed by atoms with van der Waals surface area (Å²) in [6, 6.07) is 0. The van der Waals surface area contributed by atoms with Gasteiger partial charge < -0.3 is 20.1 Å². The average molecular weight is 208 g/mol. The van der Waals surface area contributed by atoms with Gasteiger partial charge in [0.25, 0.3) is 0 Å². The van der Waals surface area contributed by atoms with Crippen LogP contribution in [0.2, 0.25) is 0 Å². The zero-order valence-corrected chi connectivity index (χ0v) is 8.39. The summed E-state index contributed by atoms with van der Waals surface area (Å²) in [5.74, 6) is -0.383. The van der Waals surface area contributed by atoms with Crippen LogP contribution in [0.5, 0.6) is 0 Å². The smallest absolute Gasteiger partial charge is 0.161 e. The van der Waals surface area contributed by atoms with Gasteiger partial charge in [0.05, 0.1) is 18.8 Å². The highest BCUT2D eigenvalue weighted by Gasteiger charge is 2.38. The monoisotopic (exact) mass is 208 g/mol. The van der Waals surface area contributed by atoms with Crippen LogP contribution in [0, 0.1) is 5.92 Å². The number of ether oxygens (including phenoxy) is 1. The lowest BCUT2D eigenvalue weighted by Crippen LogP contribution is -2.48. The molecule has 1 rings (SSSR count). The van der Waals surface area contributed by atoms with E-state index in [0.717, 1.165) is 0 Å². The summed E-state index contributed by atoms with van der Waals surface area (Å²) in [7, 11) is 0. The molecule has 0 radical (unpaired) electrons. The second-order valence-electron chi connectivity index (χ2n) is 3.45. The molecule has 5 atom stereocenters. The molecule has 3 N–H and O–H groups in total. The predicted octanol–water partition coefficient (Wildman–Crippen LogP) is -0.619. The summed E-state index contributed by atoms with van der Waals surface area (Å²) >= 11 is 4.16. The number of hydrogen-bond acceptors (Lipinski definition) is 5. The van der Waals surface area contributed by atoms with E-state index in [4.69, 9.17) is 9.84 Å². The van der Waals surface area contributed by atoms with Gasteiger partial charge in [-0.2, -0.15) is 12.6 Å². The average Bonchev–Trinajstić information content (AvgIpc) is 2.02. The highest BCUT2D eigenvalue weighted by Crippen LogP contribution is 2.28. The van der Waals surface area contributed by atoms with Crippen LogP contribution < -0.4 is 0 Å². The van der Waals surface area contributed by atoms with E-state index >= 15 is 0 Å². The van der Waals surface area contributed by atoms with Gasteiger partial charge in [-0.15, -0.1) is 0 Å². The predicted molar refractivity (Wildman–Crippen MR) is 50.5 cm³/mol. The van der Waals surface area contributed by atoms with Crippen molar-refractivity contribution in [2.24, 2.45) is 5.92 Å². The Balaban J connectivity index is 2.59. The van der Waals surface area contributed by atoms with Crippen LogP contribution in [0.1, 0.15) is 13.3 Å². The van der Waals surface area contributed by atoms with Crippen molar-refractivity contribution in [1.82, 2.24) is 0 Å². The maximum atomic E-state index is 9.61. The van der Waals surface area contributed by atoms with Crippen molar-refractivity contribution < 1.29 is 20.1 Å². The summed E-state index contributed by atoms with van der Waals surface area (Å²) in [4.78, 5) is 0. The Kier molecular flexibility index (Phi) is 4.00. The largest absolute Gasteiger partial charge is 0.394 e. The van der Waals surface area contributed by atoms with Crippen molar-refractivity contribution in [3.63, 3.8) is 0 Å². The van der Waals surface area contributed by atoms with Crippen LogP contribution in [0.15, 0.2) is 0 Å². The number of thiol groups is 1. The molecule has 4 nitrogen and oxygen atoms in total. The first kappa shape index (κ1) is 11.3. The summed E-state index contributed by atoms with van der Waals surface area (Å²) in [5, 5.41) is 27.7. The third-order valence-electron chi connectivity index (χ3n) is 2.37. The first-order chi connectivity index (χ1) is 6.06.